The number of halogens is 1. The third-order valence-corrected chi connectivity index (χ3v) is 2.93. The van der Waals surface area contributed by atoms with Crippen LogP contribution in [0.5, 0.6) is 0 Å². The second-order valence-electron chi connectivity index (χ2n) is 5.11. The Kier molecular flexibility index (Phi) is 3.50. The molecule has 2 aromatic rings. The van der Waals surface area contributed by atoms with E-state index in [1.165, 1.54) is 12.1 Å². The zero-order valence-electron chi connectivity index (χ0n) is 11.2. The number of oxazole rings is 1. The van der Waals surface area contributed by atoms with Crippen LogP contribution < -0.4 is 0 Å². The minimum atomic E-state index is -0.247. The number of hydrogen-bond acceptors (Lipinski definition) is 2. The van der Waals surface area contributed by atoms with E-state index in [1.54, 1.807) is 6.26 Å². The quantitative estimate of drug-likeness (QED) is 0.783. The number of benzene rings is 1. The van der Waals surface area contributed by atoms with Gasteiger partial charge in [0, 0.05) is 11.5 Å². The Morgan fingerprint density at radius 2 is 1.83 bits per heavy atom. The van der Waals surface area contributed by atoms with Crippen LogP contribution in [0.25, 0.3) is 11.3 Å². The Hall–Kier alpha value is -1.64. The lowest BCUT2D eigenvalue weighted by atomic mass is 9.95. The van der Waals surface area contributed by atoms with E-state index >= 15 is 0 Å². The van der Waals surface area contributed by atoms with Crippen molar-refractivity contribution in [2.24, 2.45) is 0 Å². The molecular weight excluding hydrogens is 229 g/mol. The summed E-state index contributed by atoms with van der Waals surface area (Å²) in [6.45, 7) is 8.20. The zero-order valence-corrected chi connectivity index (χ0v) is 11.2. The summed E-state index contributed by atoms with van der Waals surface area (Å²) in [4.78, 5) is 4.43. The maximum atomic E-state index is 13.4. The highest BCUT2D eigenvalue weighted by atomic mass is 19.1. The van der Waals surface area contributed by atoms with Gasteiger partial charge >= 0.3 is 0 Å². The summed E-state index contributed by atoms with van der Waals surface area (Å²) in [6.07, 6.45) is 1.61. The molecule has 0 amide bonds. The summed E-state index contributed by atoms with van der Waals surface area (Å²) in [5, 5.41) is 0. The minimum absolute atomic E-state index is 0.231. The molecule has 0 aliphatic carbocycles. The van der Waals surface area contributed by atoms with Crippen molar-refractivity contribution in [3.05, 3.63) is 41.7 Å². The number of rotatable bonds is 3. The van der Waals surface area contributed by atoms with Crippen LogP contribution in [0.3, 0.4) is 0 Å². The monoisotopic (exact) mass is 247 g/mol. The van der Waals surface area contributed by atoms with Crippen molar-refractivity contribution in [3.63, 3.8) is 0 Å². The largest absolute Gasteiger partial charge is 0.448 e. The lowest BCUT2D eigenvalue weighted by Crippen LogP contribution is -1.94. The second-order valence-corrected chi connectivity index (χ2v) is 5.11. The van der Waals surface area contributed by atoms with Crippen molar-refractivity contribution in [3.8, 4) is 11.3 Å². The molecule has 0 aliphatic rings. The smallest absolute Gasteiger partial charge is 0.197 e. The van der Waals surface area contributed by atoms with Crippen LogP contribution in [0.2, 0.25) is 0 Å². The fourth-order valence-electron chi connectivity index (χ4n) is 1.93. The molecule has 0 saturated heterocycles. The summed E-state index contributed by atoms with van der Waals surface area (Å²) < 4.78 is 18.8. The molecule has 1 heterocycles. The van der Waals surface area contributed by atoms with Crippen LogP contribution >= 0.6 is 0 Å². The van der Waals surface area contributed by atoms with Gasteiger partial charge in [-0.05, 0) is 23.6 Å². The maximum Gasteiger partial charge on any atom is 0.197 e. The van der Waals surface area contributed by atoms with Gasteiger partial charge in [-0.25, -0.2) is 9.37 Å². The predicted molar refractivity (Wildman–Crippen MR) is 70.1 cm³/mol. The Labute approximate surface area is 107 Å². The maximum absolute atomic E-state index is 13.4. The highest BCUT2D eigenvalue weighted by Gasteiger charge is 2.15. The molecule has 2 rings (SSSR count). The molecule has 0 bridgehead atoms. The van der Waals surface area contributed by atoms with E-state index < -0.39 is 0 Å². The molecule has 96 valence electrons. The zero-order chi connectivity index (χ0) is 13.3. The average Bonchev–Trinajstić information content (AvgIpc) is 2.77. The fourth-order valence-corrected chi connectivity index (χ4v) is 1.93. The summed E-state index contributed by atoms with van der Waals surface area (Å²) >= 11 is 0. The average molecular weight is 247 g/mol. The molecule has 0 radical (unpaired) electrons. The number of aromatic nitrogens is 1. The fraction of sp³-hybridized carbons (Fsp3) is 0.400. The van der Waals surface area contributed by atoms with E-state index in [2.05, 4.69) is 18.8 Å². The second kappa shape index (κ2) is 4.92. The van der Waals surface area contributed by atoms with E-state index in [4.69, 9.17) is 4.42 Å². The molecule has 18 heavy (non-hydrogen) atoms. The van der Waals surface area contributed by atoms with Crippen LogP contribution in [0.4, 0.5) is 4.39 Å². The van der Waals surface area contributed by atoms with E-state index in [0.717, 1.165) is 11.1 Å². The molecule has 3 heteroatoms. The number of nitrogens with zero attached hydrogens (tertiary/aromatic N) is 1. The first-order valence-corrected chi connectivity index (χ1v) is 6.24. The summed E-state index contributed by atoms with van der Waals surface area (Å²) in [7, 11) is 0. The van der Waals surface area contributed by atoms with Crippen LogP contribution in [0.15, 0.2) is 28.9 Å². The van der Waals surface area contributed by atoms with Gasteiger partial charge in [-0.1, -0.05) is 33.8 Å². The van der Waals surface area contributed by atoms with Crippen molar-refractivity contribution in [1.29, 1.82) is 0 Å². The summed E-state index contributed by atoms with van der Waals surface area (Å²) in [5.41, 5.74) is 2.61. The van der Waals surface area contributed by atoms with Gasteiger partial charge in [0.1, 0.15) is 17.8 Å². The molecule has 2 nitrogen and oxygen atoms in total. The molecule has 0 fully saturated rings. The molecule has 0 unspecified atom stereocenters. The first-order valence-electron chi connectivity index (χ1n) is 6.24. The Morgan fingerprint density at radius 3 is 2.39 bits per heavy atom. The lowest BCUT2D eigenvalue weighted by molar-refractivity contribution is 0.471. The highest BCUT2D eigenvalue weighted by Crippen LogP contribution is 2.30. The van der Waals surface area contributed by atoms with Gasteiger partial charge in [-0.2, -0.15) is 0 Å². The first-order chi connectivity index (χ1) is 8.49. The molecule has 0 atom stereocenters. The van der Waals surface area contributed by atoms with Gasteiger partial charge in [-0.3, -0.25) is 0 Å². The normalized spacial score (nSPS) is 11.5. The van der Waals surface area contributed by atoms with Crippen molar-refractivity contribution in [1.82, 2.24) is 4.98 Å². The first kappa shape index (κ1) is 12.8. The van der Waals surface area contributed by atoms with Gasteiger partial charge in [0.05, 0.1) is 0 Å². The molecule has 1 aromatic heterocycles. The van der Waals surface area contributed by atoms with Crippen molar-refractivity contribution >= 4 is 0 Å². The van der Waals surface area contributed by atoms with Crippen LogP contribution in [0, 0.1) is 5.82 Å². The molecule has 0 saturated carbocycles. The van der Waals surface area contributed by atoms with Crippen LogP contribution in [0.1, 0.15) is 51.0 Å². The van der Waals surface area contributed by atoms with Gasteiger partial charge in [0.15, 0.2) is 5.89 Å². The third kappa shape index (κ3) is 2.45. The number of hydrogen-bond donors (Lipinski definition) is 0. The molecule has 0 aliphatic heterocycles. The Balaban J connectivity index is 2.51. The van der Waals surface area contributed by atoms with Crippen LogP contribution in [-0.2, 0) is 0 Å². The van der Waals surface area contributed by atoms with Gasteiger partial charge in [0.25, 0.3) is 0 Å². The van der Waals surface area contributed by atoms with Gasteiger partial charge in [-0.15, -0.1) is 0 Å². The van der Waals surface area contributed by atoms with E-state index in [-0.39, 0.29) is 11.7 Å². The standard InChI is InChI=1S/C15H18FNO/c1-9(2)12-6-5-11(16)7-13(12)14-8-18-15(17-14)10(3)4/h5-10H,1-4H3. The van der Waals surface area contributed by atoms with E-state index in [9.17, 15) is 4.39 Å². The van der Waals surface area contributed by atoms with Crippen molar-refractivity contribution < 1.29 is 8.81 Å². The minimum Gasteiger partial charge on any atom is -0.448 e. The SMILES string of the molecule is CC(C)c1nc(-c2cc(F)ccc2C(C)C)co1. The molecule has 0 spiro atoms. The van der Waals surface area contributed by atoms with Crippen molar-refractivity contribution in [2.75, 3.05) is 0 Å². The molecule has 0 N–H and O–H groups in total. The molecule has 1 aromatic carbocycles. The Morgan fingerprint density at radius 1 is 1.11 bits per heavy atom. The predicted octanol–water partition coefficient (Wildman–Crippen LogP) is 4.73. The van der Waals surface area contributed by atoms with E-state index in [1.807, 2.05) is 19.9 Å². The third-order valence-electron chi connectivity index (χ3n) is 2.93. The highest BCUT2D eigenvalue weighted by molar-refractivity contribution is 5.63. The van der Waals surface area contributed by atoms with Gasteiger partial charge < -0.3 is 4.42 Å². The van der Waals surface area contributed by atoms with E-state index in [0.29, 0.717) is 17.5 Å². The van der Waals surface area contributed by atoms with Crippen LogP contribution in [-0.4, -0.2) is 4.98 Å². The topological polar surface area (TPSA) is 26.0 Å². The summed E-state index contributed by atoms with van der Waals surface area (Å²) in [6, 6.07) is 4.83. The molecular formula is C15H18FNO. The lowest BCUT2D eigenvalue weighted by Gasteiger charge is -2.10. The van der Waals surface area contributed by atoms with Gasteiger partial charge in [0.2, 0.25) is 0 Å². The van der Waals surface area contributed by atoms with Crippen molar-refractivity contribution in [2.45, 2.75) is 39.5 Å². The Bertz CT molecular complexity index is 543. The summed E-state index contributed by atoms with van der Waals surface area (Å²) in [5.74, 6) is 0.988.